The molecule has 2 aromatic rings. The van der Waals surface area contributed by atoms with Crippen LogP contribution in [0, 0.1) is 12.8 Å². The minimum Gasteiger partial charge on any atom is -0.371 e. The van der Waals surface area contributed by atoms with Gasteiger partial charge in [-0.15, -0.1) is 0 Å². The van der Waals surface area contributed by atoms with Crippen molar-refractivity contribution in [1.29, 1.82) is 0 Å². The predicted molar refractivity (Wildman–Crippen MR) is 93.1 cm³/mol. The normalized spacial score (nSPS) is 18.3. The number of nitrogens with zero attached hydrogens (tertiary/aromatic N) is 1. The van der Waals surface area contributed by atoms with Gasteiger partial charge in [-0.2, -0.15) is 0 Å². The molecular formula is C18H22N2O2S. The maximum Gasteiger partial charge on any atom is 0.240 e. The van der Waals surface area contributed by atoms with E-state index in [2.05, 4.69) is 40.8 Å². The van der Waals surface area contributed by atoms with Gasteiger partial charge in [0.15, 0.2) is 0 Å². The first kappa shape index (κ1) is 16.0. The summed E-state index contributed by atoms with van der Waals surface area (Å²) in [6.45, 7) is 4.43. The summed E-state index contributed by atoms with van der Waals surface area (Å²) in [7, 11) is -3.40. The largest absolute Gasteiger partial charge is 0.371 e. The molecule has 1 unspecified atom stereocenters. The summed E-state index contributed by atoms with van der Waals surface area (Å²) < 4.78 is 27.3. The van der Waals surface area contributed by atoms with Gasteiger partial charge in [-0.25, -0.2) is 13.1 Å². The molecule has 1 fully saturated rings. The van der Waals surface area contributed by atoms with Crippen molar-refractivity contribution >= 4 is 15.7 Å². The van der Waals surface area contributed by atoms with Gasteiger partial charge in [-0.05, 0) is 43.5 Å². The molecule has 1 N–H and O–H groups in total. The molecule has 0 saturated carbocycles. The van der Waals surface area contributed by atoms with Gasteiger partial charge >= 0.3 is 0 Å². The third kappa shape index (κ3) is 3.92. The summed E-state index contributed by atoms with van der Waals surface area (Å²) in [4.78, 5) is 2.65. The van der Waals surface area contributed by atoms with Crippen molar-refractivity contribution < 1.29 is 8.42 Å². The zero-order chi connectivity index (χ0) is 16.3. The number of hydrogen-bond donors (Lipinski definition) is 1. The van der Waals surface area contributed by atoms with E-state index in [-0.39, 0.29) is 0 Å². The lowest BCUT2D eigenvalue weighted by Gasteiger charge is -2.19. The van der Waals surface area contributed by atoms with E-state index in [4.69, 9.17) is 0 Å². The molecule has 122 valence electrons. The summed E-state index contributed by atoms with van der Waals surface area (Å²) in [6, 6.07) is 17.0. The van der Waals surface area contributed by atoms with Crippen molar-refractivity contribution in [3.63, 3.8) is 0 Å². The molecule has 0 aromatic heterocycles. The van der Waals surface area contributed by atoms with Gasteiger partial charge in [-0.1, -0.05) is 35.9 Å². The molecule has 5 heteroatoms. The highest BCUT2D eigenvalue weighted by atomic mass is 32.2. The number of aryl methyl sites for hydroxylation is 1. The van der Waals surface area contributed by atoms with Crippen LogP contribution in [-0.2, 0) is 10.0 Å². The summed E-state index contributed by atoms with van der Waals surface area (Å²) >= 11 is 0. The van der Waals surface area contributed by atoms with Gasteiger partial charge in [0.05, 0.1) is 4.90 Å². The van der Waals surface area contributed by atoms with Gasteiger partial charge in [0.1, 0.15) is 0 Å². The van der Waals surface area contributed by atoms with E-state index in [1.54, 1.807) is 24.3 Å². The zero-order valence-corrected chi connectivity index (χ0v) is 14.1. The minimum absolute atomic E-state index is 0.327. The highest BCUT2D eigenvalue weighted by Gasteiger charge is 2.24. The van der Waals surface area contributed by atoms with Crippen molar-refractivity contribution in [2.45, 2.75) is 18.2 Å². The molecule has 0 radical (unpaired) electrons. The lowest BCUT2D eigenvalue weighted by atomic mass is 10.1. The van der Waals surface area contributed by atoms with Gasteiger partial charge < -0.3 is 4.90 Å². The Morgan fingerprint density at radius 2 is 1.78 bits per heavy atom. The molecule has 0 aliphatic carbocycles. The SMILES string of the molecule is Cc1ccc(N2CCC(CNS(=O)(=O)c3ccccc3)C2)cc1. The molecule has 1 heterocycles. The van der Waals surface area contributed by atoms with Crippen LogP contribution in [0.2, 0.25) is 0 Å². The average molecular weight is 330 g/mol. The van der Waals surface area contributed by atoms with Crippen LogP contribution in [0.25, 0.3) is 0 Å². The number of nitrogens with one attached hydrogen (secondary N) is 1. The van der Waals surface area contributed by atoms with E-state index < -0.39 is 10.0 Å². The highest BCUT2D eigenvalue weighted by Crippen LogP contribution is 2.24. The number of benzene rings is 2. The van der Waals surface area contributed by atoms with Crippen LogP contribution in [-0.4, -0.2) is 28.1 Å². The third-order valence-electron chi connectivity index (χ3n) is 4.30. The zero-order valence-electron chi connectivity index (χ0n) is 13.3. The van der Waals surface area contributed by atoms with Gasteiger partial charge in [0.25, 0.3) is 0 Å². The van der Waals surface area contributed by atoms with Crippen molar-refractivity contribution in [1.82, 2.24) is 4.72 Å². The number of anilines is 1. The van der Waals surface area contributed by atoms with Crippen LogP contribution in [0.15, 0.2) is 59.5 Å². The number of hydrogen-bond acceptors (Lipinski definition) is 3. The van der Waals surface area contributed by atoms with Crippen molar-refractivity contribution in [3.05, 3.63) is 60.2 Å². The molecular weight excluding hydrogens is 308 g/mol. The summed E-state index contributed by atoms with van der Waals surface area (Å²) in [5.41, 5.74) is 2.46. The summed E-state index contributed by atoms with van der Waals surface area (Å²) in [5.74, 6) is 0.342. The molecule has 4 nitrogen and oxygen atoms in total. The summed E-state index contributed by atoms with van der Waals surface area (Å²) in [6.07, 6.45) is 1.01. The maximum absolute atomic E-state index is 12.3. The Labute approximate surface area is 138 Å². The molecule has 1 atom stereocenters. The van der Waals surface area contributed by atoms with Crippen LogP contribution in [0.4, 0.5) is 5.69 Å². The maximum atomic E-state index is 12.3. The van der Waals surface area contributed by atoms with E-state index in [0.29, 0.717) is 17.4 Å². The van der Waals surface area contributed by atoms with Crippen LogP contribution >= 0.6 is 0 Å². The first-order valence-corrected chi connectivity index (χ1v) is 9.39. The molecule has 3 rings (SSSR count). The molecule has 0 bridgehead atoms. The molecule has 2 aromatic carbocycles. The monoisotopic (exact) mass is 330 g/mol. The molecule has 0 amide bonds. The Morgan fingerprint density at radius 1 is 1.09 bits per heavy atom. The number of sulfonamides is 1. The first-order chi connectivity index (χ1) is 11.0. The van der Waals surface area contributed by atoms with E-state index in [1.807, 2.05) is 6.07 Å². The van der Waals surface area contributed by atoms with Gasteiger partial charge in [-0.3, -0.25) is 0 Å². The molecule has 0 spiro atoms. The Bertz CT molecular complexity index is 742. The van der Waals surface area contributed by atoms with Gasteiger partial charge in [0, 0.05) is 25.3 Å². The molecule has 1 saturated heterocycles. The van der Waals surface area contributed by atoms with Crippen molar-refractivity contribution in [2.24, 2.45) is 5.92 Å². The van der Waals surface area contributed by atoms with E-state index >= 15 is 0 Å². The Kier molecular flexibility index (Phi) is 4.68. The first-order valence-electron chi connectivity index (χ1n) is 7.91. The standard InChI is InChI=1S/C18H22N2O2S/c1-15-7-9-17(10-8-15)20-12-11-16(14-20)13-19-23(21,22)18-5-3-2-4-6-18/h2-10,16,19H,11-14H2,1H3. The Balaban J connectivity index is 1.57. The van der Waals surface area contributed by atoms with Gasteiger partial charge in [0.2, 0.25) is 10.0 Å². The van der Waals surface area contributed by atoms with Crippen LogP contribution < -0.4 is 9.62 Å². The molecule has 1 aliphatic rings. The quantitative estimate of drug-likeness (QED) is 0.917. The van der Waals surface area contributed by atoms with Crippen LogP contribution in [0.5, 0.6) is 0 Å². The smallest absolute Gasteiger partial charge is 0.240 e. The van der Waals surface area contributed by atoms with E-state index in [9.17, 15) is 8.42 Å². The Morgan fingerprint density at radius 3 is 2.48 bits per heavy atom. The molecule has 1 aliphatic heterocycles. The highest BCUT2D eigenvalue weighted by molar-refractivity contribution is 7.89. The van der Waals surface area contributed by atoms with Crippen LogP contribution in [0.1, 0.15) is 12.0 Å². The predicted octanol–water partition coefficient (Wildman–Crippen LogP) is 2.80. The fourth-order valence-electron chi connectivity index (χ4n) is 2.90. The minimum atomic E-state index is -3.40. The average Bonchev–Trinajstić information content (AvgIpc) is 3.04. The van der Waals surface area contributed by atoms with Crippen LogP contribution in [0.3, 0.4) is 0 Å². The topological polar surface area (TPSA) is 49.4 Å². The second-order valence-electron chi connectivity index (χ2n) is 6.10. The number of rotatable bonds is 5. The Hall–Kier alpha value is -1.85. The van der Waals surface area contributed by atoms with E-state index in [1.165, 1.54) is 11.3 Å². The second kappa shape index (κ2) is 6.72. The fraction of sp³-hybridized carbons (Fsp3) is 0.333. The second-order valence-corrected chi connectivity index (χ2v) is 7.87. The fourth-order valence-corrected chi connectivity index (χ4v) is 4.04. The lowest BCUT2D eigenvalue weighted by molar-refractivity contribution is 0.541. The van der Waals surface area contributed by atoms with Crippen molar-refractivity contribution in [2.75, 3.05) is 24.5 Å². The third-order valence-corrected chi connectivity index (χ3v) is 5.74. The molecule has 23 heavy (non-hydrogen) atoms. The summed E-state index contributed by atoms with van der Waals surface area (Å²) in [5, 5.41) is 0. The van der Waals surface area contributed by atoms with Crippen molar-refractivity contribution in [3.8, 4) is 0 Å². The lowest BCUT2D eigenvalue weighted by Crippen LogP contribution is -2.31. The van der Waals surface area contributed by atoms with E-state index in [0.717, 1.165) is 19.5 Å².